The van der Waals surface area contributed by atoms with Gasteiger partial charge in [-0.25, -0.2) is 0 Å². The fourth-order valence-electron chi connectivity index (χ4n) is 1.31. The van der Waals surface area contributed by atoms with Crippen LogP contribution in [0.1, 0.15) is 13.8 Å². The fraction of sp³-hybridized carbons (Fsp3) is 0.364. The molecule has 6 heteroatoms. The van der Waals surface area contributed by atoms with E-state index in [-0.39, 0.29) is 5.91 Å². The lowest BCUT2D eigenvalue weighted by atomic mass is 10.2. The predicted octanol–water partition coefficient (Wildman–Crippen LogP) is 2.51. The summed E-state index contributed by atoms with van der Waals surface area (Å²) in [7, 11) is 0. The molecule has 1 aromatic carbocycles. The smallest absolute Gasteiger partial charge is 0.242 e. The molecule has 0 aliphatic carbocycles. The third kappa shape index (κ3) is 3.68. The molecule has 1 amide bonds. The highest BCUT2D eigenvalue weighted by Gasteiger charge is 2.13. The molecule has 0 saturated carbocycles. The van der Waals surface area contributed by atoms with E-state index in [9.17, 15) is 4.79 Å². The van der Waals surface area contributed by atoms with Gasteiger partial charge in [-0.1, -0.05) is 23.2 Å². The second-order valence-corrected chi connectivity index (χ2v) is 4.43. The van der Waals surface area contributed by atoms with Gasteiger partial charge < -0.3 is 16.4 Å². The zero-order valence-electron chi connectivity index (χ0n) is 9.68. The summed E-state index contributed by atoms with van der Waals surface area (Å²) in [6, 6.07) is 2.76. The maximum atomic E-state index is 11.5. The Balaban J connectivity index is 2.81. The van der Waals surface area contributed by atoms with E-state index in [2.05, 4.69) is 10.6 Å². The molecule has 0 spiro atoms. The highest BCUT2D eigenvalue weighted by molar-refractivity contribution is 6.42. The quantitative estimate of drug-likeness (QED) is 0.740. The summed E-state index contributed by atoms with van der Waals surface area (Å²) in [5.41, 5.74) is 6.83. The highest BCUT2D eigenvalue weighted by Crippen LogP contribution is 2.30. The van der Waals surface area contributed by atoms with E-state index in [0.29, 0.717) is 28.0 Å². The normalized spacial score (nSPS) is 12.0. The highest BCUT2D eigenvalue weighted by atomic mass is 35.5. The van der Waals surface area contributed by atoms with Gasteiger partial charge in [-0.3, -0.25) is 4.79 Å². The molecule has 0 aliphatic rings. The number of hydrogen-bond donors (Lipinski definition) is 3. The zero-order valence-corrected chi connectivity index (χ0v) is 11.2. The molecule has 1 aromatic rings. The number of benzene rings is 1. The van der Waals surface area contributed by atoms with Gasteiger partial charge in [0, 0.05) is 6.54 Å². The first kappa shape index (κ1) is 13.9. The van der Waals surface area contributed by atoms with Crippen molar-refractivity contribution in [1.82, 2.24) is 5.32 Å². The number of nitrogen functional groups attached to an aromatic ring is 1. The molecule has 0 bridgehead atoms. The van der Waals surface area contributed by atoms with Crippen LogP contribution in [0, 0.1) is 0 Å². The van der Waals surface area contributed by atoms with Crippen LogP contribution in [0.25, 0.3) is 0 Å². The SMILES string of the molecule is CCNC(=O)C(C)Nc1cc(Cl)c(Cl)cc1N. The van der Waals surface area contributed by atoms with Crippen LogP contribution in [0.3, 0.4) is 0 Å². The number of rotatable bonds is 4. The number of amides is 1. The first-order valence-corrected chi connectivity index (χ1v) is 6.00. The lowest BCUT2D eigenvalue weighted by Gasteiger charge is -2.16. The van der Waals surface area contributed by atoms with Crippen molar-refractivity contribution in [2.75, 3.05) is 17.6 Å². The van der Waals surface area contributed by atoms with Gasteiger partial charge in [-0.15, -0.1) is 0 Å². The van der Waals surface area contributed by atoms with E-state index in [1.165, 1.54) is 0 Å². The third-order valence-electron chi connectivity index (χ3n) is 2.21. The van der Waals surface area contributed by atoms with E-state index < -0.39 is 6.04 Å². The second-order valence-electron chi connectivity index (χ2n) is 3.61. The predicted molar refractivity (Wildman–Crippen MR) is 72.6 cm³/mol. The molecular weight excluding hydrogens is 261 g/mol. The Morgan fingerprint density at radius 2 is 2.00 bits per heavy atom. The summed E-state index contributed by atoms with van der Waals surface area (Å²) in [5, 5.41) is 6.48. The maximum Gasteiger partial charge on any atom is 0.242 e. The van der Waals surface area contributed by atoms with E-state index in [1.807, 2.05) is 6.92 Å². The molecule has 94 valence electrons. The average Bonchev–Trinajstić information content (AvgIpc) is 2.26. The maximum absolute atomic E-state index is 11.5. The van der Waals surface area contributed by atoms with Crippen molar-refractivity contribution in [2.24, 2.45) is 0 Å². The van der Waals surface area contributed by atoms with Crippen LogP contribution < -0.4 is 16.4 Å². The Hall–Kier alpha value is -1.13. The van der Waals surface area contributed by atoms with Crippen LogP contribution in [0.4, 0.5) is 11.4 Å². The Labute approximate surface area is 110 Å². The van der Waals surface area contributed by atoms with Gasteiger partial charge in [0.1, 0.15) is 6.04 Å². The van der Waals surface area contributed by atoms with Crippen LogP contribution in [0.2, 0.25) is 10.0 Å². The molecular formula is C11H15Cl2N3O. The lowest BCUT2D eigenvalue weighted by Crippen LogP contribution is -2.37. The summed E-state index contributed by atoms with van der Waals surface area (Å²) in [6.07, 6.45) is 0. The molecule has 0 aliphatic heterocycles. The van der Waals surface area contributed by atoms with Gasteiger partial charge in [0.2, 0.25) is 5.91 Å². The number of nitrogens with one attached hydrogen (secondary N) is 2. The van der Waals surface area contributed by atoms with Gasteiger partial charge in [0.05, 0.1) is 21.4 Å². The lowest BCUT2D eigenvalue weighted by molar-refractivity contribution is -0.121. The van der Waals surface area contributed by atoms with Crippen LogP contribution in [-0.4, -0.2) is 18.5 Å². The third-order valence-corrected chi connectivity index (χ3v) is 2.93. The van der Waals surface area contributed by atoms with Crippen molar-refractivity contribution in [3.63, 3.8) is 0 Å². The Morgan fingerprint density at radius 1 is 1.41 bits per heavy atom. The van der Waals surface area contributed by atoms with Crippen LogP contribution in [0.5, 0.6) is 0 Å². The van der Waals surface area contributed by atoms with Crippen molar-refractivity contribution >= 4 is 40.5 Å². The van der Waals surface area contributed by atoms with Crippen molar-refractivity contribution in [2.45, 2.75) is 19.9 Å². The van der Waals surface area contributed by atoms with E-state index in [0.717, 1.165) is 0 Å². The number of hydrogen-bond acceptors (Lipinski definition) is 3. The summed E-state index contributed by atoms with van der Waals surface area (Å²) >= 11 is 11.7. The molecule has 0 fully saturated rings. The number of nitrogens with two attached hydrogens (primary N) is 1. The Kier molecular flexibility index (Phi) is 4.90. The van der Waals surface area contributed by atoms with Crippen molar-refractivity contribution in [1.29, 1.82) is 0 Å². The molecule has 17 heavy (non-hydrogen) atoms. The first-order valence-electron chi connectivity index (χ1n) is 5.24. The zero-order chi connectivity index (χ0) is 13.0. The van der Waals surface area contributed by atoms with Crippen LogP contribution >= 0.6 is 23.2 Å². The minimum absolute atomic E-state index is 0.0991. The van der Waals surface area contributed by atoms with Crippen molar-refractivity contribution in [3.05, 3.63) is 22.2 Å². The number of likely N-dealkylation sites (N-methyl/N-ethyl adjacent to an activating group) is 1. The molecule has 0 saturated heterocycles. The number of carbonyl (C=O) groups excluding carboxylic acids is 1. The number of halogens is 2. The minimum Gasteiger partial charge on any atom is -0.397 e. The van der Waals surface area contributed by atoms with E-state index in [4.69, 9.17) is 28.9 Å². The van der Waals surface area contributed by atoms with Crippen LogP contribution in [-0.2, 0) is 4.79 Å². The molecule has 1 atom stereocenters. The summed E-state index contributed by atoms with van der Waals surface area (Å²) in [6.45, 7) is 4.19. The summed E-state index contributed by atoms with van der Waals surface area (Å²) in [4.78, 5) is 11.5. The van der Waals surface area contributed by atoms with Gasteiger partial charge >= 0.3 is 0 Å². The minimum atomic E-state index is -0.394. The molecule has 1 unspecified atom stereocenters. The standard InChI is InChI=1S/C11H15Cl2N3O/c1-3-15-11(17)6(2)16-10-5-8(13)7(12)4-9(10)14/h4-6,16H,3,14H2,1-2H3,(H,15,17). The Bertz CT molecular complexity index is 423. The van der Waals surface area contributed by atoms with Gasteiger partial charge in [-0.2, -0.15) is 0 Å². The second kappa shape index (κ2) is 5.98. The molecule has 0 aromatic heterocycles. The molecule has 4 N–H and O–H groups in total. The van der Waals surface area contributed by atoms with Crippen LogP contribution in [0.15, 0.2) is 12.1 Å². The number of carbonyl (C=O) groups is 1. The van der Waals surface area contributed by atoms with Gasteiger partial charge in [-0.05, 0) is 26.0 Å². The Morgan fingerprint density at radius 3 is 2.59 bits per heavy atom. The molecule has 0 radical (unpaired) electrons. The first-order chi connectivity index (χ1) is 7.95. The fourth-order valence-corrected chi connectivity index (χ4v) is 1.65. The van der Waals surface area contributed by atoms with Crippen molar-refractivity contribution in [3.8, 4) is 0 Å². The van der Waals surface area contributed by atoms with E-state index in [1.54, 1.807) is 19.1 Å². The molecule has 1 rings (SSSR count). The molecule has 0 heterocycles. The molecule has 4 nitrogen and oxygen atoms in total. The summed E-state index contributed by atoms with van der Waals surface area (Å²) in [5.74, 6) is -0.0991. The largest absolute Gasteiger partial charge is 0.397 e. The average molecular weight is 276 g/mol. The topological polar surface area (TPSA) is 67.2 Å². The number of anilines is 2. The summed E-state index contributed by atoms with van der Waals surface area (Å²) < 4.78 is 0. The van der Waals surface area contributed by atoms with Crippen molar-refractivity contribution < 1.29 is 4.79 Å². The van der Waals surface area contributed by atoms with E-state index >= 15 is 0 Å². The van der Waals surface area contributed by atoms with Gasteiger partial charge in [0.15, 0.2) is 0 Å². The monoisotopic (exact) mass is 275 g/mol. The van der Waals surface area contributed by atoms with Gasteiger partial charge in [0.25, 0.3) is 0 Å².